The minimum atomic E-state index is 0.292. The highest BCUT2D eigenvalue weighted by Crippen LogP contribution is 2.47. The summed E-state index contributed by atoms with van der Waals surface area (Å²) in [5.74, 6) is 2.90. The summed E-state index contributed by atoms with van der Waals surface area (Å²) in [6.45, 7) is 1.75. The highest BCUT2D eigenvalue weighted by molar-refractivity contribution is 6.26. The highest BCUT2D eigenvalue weighted by atomic mass is 16.5. The minimum Gasteiger partial charge on any atom is -0.490 e. The van der Waals surface area contributed by atoms with E-state index in [2.05, 4.69) is 36.4 Å². The first-order valence-corrected chi connectivity index (χ1v) is 18.1. The van der Waals surface area contributed by atoms with Crippen molar-refractivity contribution >= 4 is 32.3 Å². The molecule has 0 N–H and O–H groups in total. The average Bonchev–Trinajstić information content (AvgIpc) is 3.19. The van der Waals surface area contributed by atoms with Gasteiger partial charge in [-0.15, -0.1) is 0 Å². The van der Waals surface area contributed by atoms with Crippen LogP contribution in [0.4, 0.5) is 0 Å². The van der Waals surface area contributed by atoms with Crippen molar-refractivity contribution in [3.05, 3.63) is 36.4 Å². The highest BCUT2D eigenvalue weighted by Gasteiger charge is 2.20. The van der Waals surface area contributed by atoms with E-state index >= 15 is 0 Å². The van der Waals surface area contributed by atoms with E-state index in [1.165, 1.54) is 0 Å². The number of rotatable bonds is 24. The normalized spacial score (nSPS) is 10.3. The van der Waals surface area contributed by atoms with E-state index in [-0.39, 0.29) is 0 Å². The monoisotopic (exact) mass is 726 g/mol. The van der Waals surface area contributed by atoms with Gasteiger partial charge in [-0.05, 0) is 107 Å². The molecule has 0 spiro atoms. The maximum atomic E-state index is 9.11. The number of nitriles is 6. The van der Waals surface area contributed by atoms with Crippen LogP contribution in [0.3, 0.4) is 0 Å². The van der Waals surface area contributed by atoms with E-state index in [1.807, 2.05) is 36.4 Å². The van der Waals surface area contributed by atoms with E-state index in [1.54, 1.807) is 0 Å². The van der Waals surface area contributed by atoms with Crippen molar-refractivity contribution in [1.29, 1.82) is 31.6 Å². The lowest BCUT2D eigenvalue weighted by Gasteiger charge is -2.20. The Morgan fingerprint density at radius 3 is 0.556 bits per heavy atom. The van der Waals surface area contributed by atoms with Crippen LogP contribution in [0.15, 0.2) is 36.4 Å². The molecule has 0 aromatic heterocycles. The van der Waals surface area contributed by atoms with Crippen molar-refractivity contribution in [2.75, 3.05) is 39.6 Å². The van der Waals surface area contributed by atoms with Gasteiger partial charge in [-0.2, -0.15) is 31.6 Å². The van der Waals surface area contributed by atoms with Gasteiger partial charge in [0.25, 0.3) is 0 Å². The number of fused-ring (bicyclic) bond motifs is 6. The summed E-state index contributed by atoms with van der Waals surface area (Å²) in [5.41, 5.74) is 0. The fourth-order valence-electron chi connectivity index (χ4n) is 5.69. The summed E-state index contributed by atoms with van der Waals surface area (Å²) in [6, 6.07) is 24.3. The third-order valence-corrected chi connectivity index (χ3v) is 8.27. The first kappa shape index (κ1) is 40.2. The first-order chi connectivity index (χ1) is 26.6. The molecule has 0 aliphatic carbocycles. The van der Waals surface area contributed by atoms with E-state index in [9.17, 15) is 0 Å². The molecule has 4 rings (SSSR count). The molecule has 0 bridgehead atoms. The van der Waals surface area contributed by atoms with Gasteiger partial charge in [-0.25, -0.2) is 0 Å². The number of hydrogen-bond donors (Lipinski definition) is 0. The van der Waals surface area contributed by atoms with Gasteiger partial charge in [0.2, 0.25) is 0 Å². The SMILES string of the molecule is N#CCCCOc1cc2c3cc(OCCCC#N)c(OCCCC#N)cc3c3cc(OCCCC#N)c(OCCCC#N)cc3c2cc1OCCCC#N. The quantitative estimate of drug-likeness (QED) is 0.0490. The lowest BCUT2D eigenvalue weighted by Crippen LogP contribution is -2.05. The maximum absolute atomic E-state index is 9.11. The predicted octanol–water partition coefficient (Wildman–Crippen LogP) is 9.24. The number of hydrogen-bond acceptors (Lipinski definition) is 12. The number of ether oxygens (including phenoxy) is 6. The summed E-state index contributed by atoms with van der Waals surface area (Å²) >= 11 is 0. The van der Waals surface area contributed by atoms with Gasteiger partial charge >= 0.3 is 0 Å². The molecule has 276 valence electrons. The molecule has 0 saturated heterocycles. The number of nitrogens with zero attached hydrogens (tertiary/aromatic N) is 6. The molecule has 12 heteroatoms. The van der Waals surface area contributed by atoms with Crippen LogP contribution in [0.2, 0.25) is 0 Å². The van der Waals surface area contributed by atoms with Crippen LogP contribution in [-0.4, -0.2) is 39.6 Å². The molecule has 12 nitrogen and oxygen atoms in total. The summed E-state index contributed by atoms with van der Waals surface area (Å²) in [5, 5.41) is 59.5. The smallest absolute Gasteiger partial charge is 0.161 e. The van der Waals surface area contributed by atoms with Crippen molar-refractivity contribution in [3.63, 3.8) is 0 Å². The molecule has 0 unspecified atom stereocenters. The molecular formula is C42H42N6O6. The lowest BCUT2D eigenvalue weighted by molar-refractivity contribution is 0.265. The van der Waals surface area contributed by atoms with Gasteiger partial charge in [0, 0.05) is 38.5 Å². The summed E-state index contributed by atoms with van der Waals surface area (Å²) < 4.78 is 37.3. The zero-order valence-corrected chi connectivity index (χ0v) is 30.3. The number of benzene rings is 4. The Morgan fingerprint density at radius 1 is 0.278 bits per heavy atom. The lowest BCUT2D eigenvalue weighted by atomic mass is 9.93. The molecule has 0 fully saturated rings. The van der Waals surface area contributed by atoms with Crippen LogP contribution in [-0.2, 0) is 0 Å². The number of unbranched alkanes of at least 4 members (excludes halogenated alkanes) is 6. The van der Waals surface area contributed by atoms with Crippen LogP contribution in [0.25, 0.3) is 32.3 Å². The van der Waals surface area contributed by atoms with Crippen molar-refractivity contribution in [3.8, 4) is 70.9 Å². The molecule has 4 aromatic rings. The van der Waals surface area contributed by atoms with Crippen LogP contribution in [0.5, 0.6) is 34.5 Å². The zero-order chi connectivity index (χ0) is 38.4. The van der Waals surface area contributed by atoms with E-state index in [0.717, 1.165) is 32.3 Å². The molecular weight excluding hydrogens is 684 g/mol. The maximum Gasteiger partial charge on any atom is 0.161 e. The van der Waals surface area contributed by atoms with Crippen LogP contribution >= 0.6 is 0 Å². The molecule has 0 heterocycles. The van der Waals surface area contributed by atoms with Gasteiger partial charge in [0.1, 0.15) is 0 Å². The minimum absolute atomic E-state index is 0.292. The molecule has 54 heavy (non-hydrogen) atoms. The third-order valence-electron chi connectivity index (χ3n) is 8.27. The second-order valence-electron chi connectivity index (χ2n) is 12.2. The Labute approximate surface area is 315 Å². The van der Waals surface area contributed by atoms with E-state index in [4.69, 9.17) is 60.0 Å². The van der Waals surface area contributed by atoms with Crippen molar-refractivity contribution < 1.29 is 28.4 Å². The standard InChI is InChI=1S/C42H42N6O6/c43-13-1-7-19-49-37-25-31-32(26-38(37)50-20-8-2-14-44)34-28-40(52-22-10-4-16-46)42(54-24-12-6-18-48)30-36(34)35-29-41(53-23-11-5-17-47)39(27-33(31)35)51-21-9-3-15-45/h25-30H,1-12,19-24H2. The van der Waals surface area contributed by atoms with Crippen molar-refractivity contribution in [2.45, 2.75) is 77.0 Å². The molecule has 4 aromatic carbocycles. The predicted molar refractivity (Wildman–Crippen MR) is 201 cm³/mol. The van der Waals surface area contributed by atoms with E-state index in [0.29, 0.717) is 151 Å². The van der Waals surface area contributed by atoms with Gasteiger partial charge in [0.15, 0.2) is 34.5 Å². The van der Waals surface area contributed by atoms with Gasteiger partial charge in [-0.3, -0.25) is 0 Å². The topological polar surface area (TPSA) is 198 Å². The first-order valence-electron chi connectivity index (χ1n) is 18.1. The second kappa shape index (κ2) is 22.4. The Balaban J connectivity index is 2.03. The van der Waals surface area contributed by atoms with Gasteiger partial charge < -0.3 is 28.4 Å². The van der Waals surface area contributed by atoms with Gasteiger partial charge in [-0.1, -0.05) is 0 Å². The van der Waals surface area contributed by atoms with Crippen LogP contribution in [0, 0.1) is 68.0 Å². The van der Waals surface area contributed by atoms with Crippen molar-refractivity contribution in [1.82, 2.24) is 0 Å². The Hall–Kier alpha value is -6.60. The summed E-state index contributed by atoms with van der Waals surface area (Å²) in [7, 11) is 0. The molecule has 0 atom stereocenters. The summed E-state index contributed by atoms with van der Waals surface area (Å²) in [4.78, 5) is 0. The van der Waals surface area contributed by atoms with Crippen LogP contribution < -0.4 is 28.4 Å². The third kappa shape index (κ3) is 11.2. The molecule has 0 aliphatic rings. The fourth-order valence-corrected chi connectivity index (χ4v) is 5.69. The molecule has 0 saturated carbocycles. The Kier molecular flexibility index (Phi) is 16.6. The molecule has 0 aliphatic heterocycles. The fraction of sp³-hybridized carbons (Fsp3) is 0.429. The summed E-state index contributed by atoms with van der Waals surface area (Å²) in [6.07, 6.45) is 5.16. The Bertz CT molecular complexity index is 1720. The van der Waals surface area contributed by atoms with Gasteiger partial charge in [0.05, 0.1) is 76.1 Å². The largest absolute Gasteiger partial charge is 0.490 e. The second-order valence-corrected chi connectivity index (χ2v) is 12.2. The van der Waals surface area contributed by atoms with E-state index < -0.39 is 0 Å². The Morgan fingerprint density at radius 2 is 0.426 bits per heavy atom. The average molecular weight is 727 g/mol. The van der Waals surface area contributed by atoms with Crippen molar-refractivity contribution in [2.24, 2.45) is 0 Å². The zero-order valence-electron chi connectivity index (χ0n) is 30.3. The molecule has 0 amide bonds. The molecule has 0 radical (unpaired) electrons. The van der Waals surface area contributed by atoms with Crippen LogP contribution in [0.1, 0.15) is 77.0 Å².